The van der Waals surface area contributed by atoms with Crippen molar-refractivity contribution in [2.75, 3.05) is 0 Å². The van der Waals surface area contributed by atoms with Crippen LogP contribution in [0.5, 0.6) is 0 Å². The third-order valence-electron chi connectivity index (χ3n) is 2.37. The number of carbonyl (C=O) groups is 2. The van der Waals surface area contributed by atoms with Gasteiger partial charge in [0.25, 0.3) is 0 Å². The lowest BCUT2D eigenvalue weighted by Crippen LogP contribution is -2.42. The Kier molecular flexibility index (Phi) is 3.89. The Labute approximate surface area is 101 Å². The standard InChI is InChI=1S/C13H18N2O2/c1-13(2,3)12(17)15-10(11(14)16)9-7-5-4-6-8-9/h4-8,10H,1-3H3,(H2,14,16)(H,15,17)/t10-/m1/s1. The van der Waals surface area contributed by atoms with Gasteiger partial charge in [0, 0.05) is 5.41 Å². The van der Waals surface area contributed by atoms with Crippen molar-refractivity contribution in [2.45, 2.75) is 26.8 Å². The summed E-state index contributed by atoms with van der Waals surface area (Å²) in [6.07, 6.45) is 0. The Hall–Kier alpha value is -1.84. The van der Waals surface area contributed by atoms with Crippen LogP contribution in [0.25, 0.3) is 0 Å². The molecule has 1 rings (SSSR count). The maximum atomic E-state index is 11.8. The van der Waals surface area contributed by atoms with Gasteiger partial charge in [0.1, 0.15) is 6.04 Å². The van der Waals surface area contributed by atoms with E-state index in [-0.39, 0.29) is 5.91 Å². The van der Waals surface area contributed by atoms with Gasteiger partial charge in [-0.15, -0.1) is 0 Å². The molecule has 0 aliphatic rings. The lowest BCUT2D eigenvalue weighted by Gasteiger charge is -2.22. The van der Waals surface area contributed by atoms with Crippen molar-refractivity contribution in [2.24, 2.45) is 11.1 Å². The molecule has 0 aromatic heterocycles. The zero-order chi connectivity index (χ0) is 13.1. The van der Waals surface area contributed by atoms with E-state index < -0.39 is 17.4 Å². The van der Waals surface area contributed by atoms with Gasteiger partial charge in [0.15, 0.2) is 0 Å². The van der Waals surface area contributed by atoms with Crippen molar-refractivity contribution in [1.29, 1.82) is 0 Å². The monoisotopic (exact) mass is 234 g/mol. The number of amides is 2. The van der Waals surface area contributed by atoms with E-state index in [9.17, 15) is 9.59 Å². The summed E-state index contributed by atoms with van der Waals surface area (Å²) in [7, 11) is 0. The number of hydrogen-bond donors (Lipinski definition) is 2. The van der Waals surface area contributed by atoms with Crippen molar-refractivity contribution in [3.8, 4) is 0 Å². The molecule has 0 unspecified atom stereocenters. The normalized spacial score (nSPS) is 12.9. The van der Waals surface area contributed by atoms with Crippen LogP contribution in [0, 0.1) is 5.41 Å². The maximum absolute atomic E-state index is 11.8. The second kappa shape index (κ2) is 4.99. The van der Waals surface area contributed by atoms with Crippen molar-refractivity contribution in [1.82, 2.24) is 5.32 Å². The smallest absolute Gasteiger partial charge is 0.244 e. The second-order valence-corrected chi connectivity index (χ2v) is 4.97. The fourth-order valence-electron chi connectivity index (χ4n) is 1.31. The molecule has 3 N–H and O–H groups in total. The van der Waals surface area contributed by atoms with Crippen molar-refractivity contribution in [3.63, 3.8) is 0 Å². The van der Waals surface area contributed by atoms with Crippen molar-refractivity contribution >= 4 is 11.8 Å². The van der Waals surface area contributed by atoms with E-state index >= 15 is 0 Å². The Morgan fingerprint density at radius 3 is 2.12 bits per heavy atom. The zero-order valence-electron chi connectivity index (χ0n) is 10.4. The lowest BCUT2D eigenvalue weighted by atomic mass is 9.94. The molecule has 0 heterocycles. The fraction of sp³-hybridized carbons (Fsp3) is 0.385. The first-order valence-corrected chi connectivity index (χ1v) is 5.47. The largest absolute Gasteiger partial charge is 0.368 e. The van der Waals surface area contributed by atoms with E-state index in [2.05, 4.69) is 5.32 Å². The molecular formula is C13H18N2O2. The van der Waals surface area contributed by atoms with Gasteiger partial charge in [0.2, 0.25) is 11.8 Å². The molecule has 92 valence electrons. The highest BCUT2D eigenvalue weighted by atomic mass is 16.2. The van der Waals surface area contributed by atoms with Crippen LogP contribution in [0.2, 0.25) is 0 Å². The van der Waals surface area contributed by atoms with Crippen LogP contribution in [-0.2, 0) is 9.59 Å². The van der Waals surface area contributed by atoms with Crippen LogP contribution in [0.3, 0.4) is 0 Å². The van der Waals surface area contributed by atoms with Gasteiger partial charge >= 0.3 is 0 Å². The van der Waals surface area contributed by atoms with Crippen LogP contribution >= 0.6 is 0 Å². The Balaban J connectivity index is 2.90. The predicted octanol–water partition coefficient (Wildman–Crippen LogP) is 1.38. The third kappa shape index (κ3) is 3.59. The van der Waals surface area contributed by atoms with Gasteiger partial charge in [-0.05, 0) is 5.56 Å². The molecule has 17 heavy (non-hydrogen) atoms. The number of primary amides is 1. The Morgan fingerprint density at radius 1 is 1.18 bits per heavy atom. The van der Waals surface area contributed by atoms with E-state index in [4.69, 9.17) is 5.73 Å². The highest BCUT2D eigenvalue weighted by molar-refractivity contribution is 5.89. The molecule has 2 amide bonds. The maximum Gasteiger partial charge on any atom is 0.244 e. The molecule has 1 aromatic rings. The van der Waals surface area contributed by atoms with Gasteiger partial charge in [-0.3, -0.25) is 9.59 Å². The van der Waals surface area contributed by atoms with Gasteiger partial charge in [-0.2, -0.15) is 0 Å². The first-order chi connectivity index (χ1) is 7.82. The molecule has 0 aliphatic heterocycles. The molecular weight excluding hydrogens is 216 g/mol. The molecule has 4 nitrogen and oxygen atoms in total. The molecule has 1 atom stereocenters. The topological polar surface area (TPSA) is 72.2 Å². The average molecular weight is 234 g/mol. The molecule has 0 bridgehead atoms. The van der Waals surface area contributed by atoms with E-state index in [0.717, 1.165) is 0 Å². The molecule has 0 spiro atoms. The van der Waals surface area contributed by atoms with E-state index in [0.29, 0.717) is 5.56 Å². The van der Waals surface area contributed by atoms with Crippen LogP contribution in [0.4, 0.5) is 0 Å². The number of carbonyl (C=O) groups excluding carboxylic acids is 2. The van der Waals surface area contributed by atoms with Gasteiger partial charge < -0.3 is 11.1 Å². The van der Waals surface area contributed by atoms with E-state index in [1.54, 1.807) is 45.0 Å². The summed E-state index contributed by atoms with van der Waals surface area (Å²) in [5, 5.41) is 2.66. The number of nitrogens with two attached hydrogens (primary N) is 1. The summed E-state index contributed by atoms with van der Waals surface area (Å²) in [5.74, 6) is -0.765. The molecule has 0 saturated heterocycles. The fourth-order valence-corrected chi connectivity index (χ4v) is 1.31. The van der Waals surface area contributed by atoms with Crippen LogP contribution in [-0.4, -0.2) is 11.8 Å². The number of hydrogen-bond acceptors (Lipinski definition) is 2. The van der Waals surface area contributed by atoms with Crippen LogP contribution in [0.1, 0.15) is 32.4 Å². The second-order valence-electron chi connectivity index (χ2n) is 4.97. The number of nitrogens with one attached hydrogen (secondary N) is 1. The summed E-state index contributed by atoms with van der Waals surface area (Å²) in [6.45, 7) is 5.35. The third-order valence-corrected chi connectivity index (χ3v) is 2.37. The summed E-state index contributed by atoms with van der Waals surface area (Å²) in [5.41, 5.74) is 5.45. The Morgan fingerprint density at radius 2 is 1.71 bits per heavy atom. The van der Waals surface area contributed by atoms with Crippen molar-refractivity contribution in [3.05, 3.63) is 35.9 Å². The van der Waals surface area contributed by atoms with Crippen molar-refractivity contribution < 1.29 is 9.59 Å². The minimum absolute atomic E-state index is 0.204. The van der Waals surface area contributed by atoms with Gasteiger partial charge in [0.05, 0.1) is 0 Å². The van der Waals surface area contributed by atoms with Crippen LogP contribution < -0.4 is 11.1 Å². The minimum atomic E-state index is -0.775. The molecule has 0 radical (unpaired) electrons. The SMILES string of the molecule is CC(C)(C)C(=O)N[C@@H](C(N)=O)c1ccccc1. The molecule has 1 aromatic carbocycles. The summed E-state index contributed by atoms with van der Waals surface area (Å²) < 4.78 is 0. The number of benzene rings is 1. The molecule has 0 aliphatic carbocycles. The number of rotatable bonds is 3. The minimum Gasteiger partial charge on any atom is -0.368 e. The van der Waals surface area contributed by atoms with Crippen LogP contribution in [0.15, 0.2) is 30.3 Å². The molecule has 4 heteroatoms. The predicted molar refractivity (Wildman–Crippen MR) is 66.0 cm³/mol. The van der Waals surface area contributed by atoms with Gasteiger partial charge in [-0.1, -0.05) is 51.1 Å². The summed E-state index contributed by atoms with van der Waals surface area (Å²) in [4.78, 5) is 23.2. The highest BCUT2D eigenvalue weighted by Crippen LogP contribution is 2.17. The summed E-state index contributed by atoms with van der Waals surface area (Å²) >= 11 is 0. The first-order valence-electron chi connectivity index (χ1n) is 5.47. The molecule has 0 saturated carbocycles. The lowest BCUT2D eigenvalue weighted by molar-refractivity contribution is -0.132. The van der Waals surface area contributed by atoms with E-state index in [1.165, 1.54) is 0 Å². The average Bonchev–Trinajstić information content (AvgIpc) is 2.25. The Bertz CT molecular complexity index is 407. The van der Waals surface area contributed by atoms with E-state index in [1.807, 2.05) is 6.07 Å². The highest BCUT2D eigenvalue weighted by Gasteiger charge is 2.27. The molecule has 0 fully saturated rings. The van der Waals surface area contributed by atoms with Gasteiger partial charge in [-0.25, -0.2) is 0 Å². The first kappa shape index (κ1) is 13.2. The quantitative estimate of drug-likeness (QED) is 0.829. The summed E-state index contributed by atoms with van der Waals surface area (Å²) in [6, 6.07) is 8.19. The zero-order valence-corrected chi connectivity index (χ0v) is 10.4.